The molecule has 5 rings (SSSR count). The fourth-order valence-corrected chi connectivity index (χ4v) is 7.34. The summed E-state index contributed by atoms with van der Waals surface area (Å²) in [4.78, 5) is 17.8. The van der Waals surface area contributed by atoms with E-state index >= 15 is 0 Å². The summed E-state index contributed by atoms with van der Waals surface area (Å²) in [6, 6.07) is 7.94. The highest BCUT2D eigenvalue weighted by molar-refractivity contribution is 7.91. The molecule has 11 heteroatoms. The number of rotatable bonds is 7. The molecule has 0 amide bonds. The van der Waals surface area contributed by atoms with Gasteiger partial charge in [0, 0.05) is 30.4 Å². The number of carbonyl (C=O) groups excluding carboxylic acids is 1. The van der Waals surface area contributed by atoms with Crippen molar-refractivity contribution in [3.63, 3.8) is 0 Å². The number of pyridine rings is 1. The van der Waals surface area contributed by atoms with Crippen molar-refractivity contribution < 1.29 is 31.5 Å². The van der Waals surface area contributed by atoms with E-state index in [1.54, 1.807) is 22.9 Å². The standard InChI is InChI=1S/C25H27F2N3O5S/c1-25(7-9-36(32,33)15-25)12-21(31)17-11-20-23(28-13-17)22(29-30(20)18-5-3-8-34-14-18)16-4-2-6-19(10-16)35-24(26)27/h2,4,6,10-11,13,18,24H,3,5,7-9,12,14-15H2,1H3/t18?,25-/m1/s1. The Morgan fingerprint density at radius 2 is 2.17 bits per heavy atom. The van der Waals surface area contributed by atoms with Crippen LogP contribution >= 0.6 is 0 Å². The zero-order chi connectivity index (χ0) is 25.5. The summed E-state index contributed by atoms with van der Waals surface area (Å²) in [5, 5.41) is 4.78. The first-order valence-corrected chi connectivity index (χ1v) is 13.7. The van der Waals surface area contributed by atoms with Crippen LogP contribution in [0.4, 0.5) is 8.78 Å². The molecule has 0 spiro atoms. The summed E-state index contributed by atoms with van der Waals surface area (Å²) >= 11 is 0. The molecule has 0 bridgehead atoms. The van der Waals surface area contributed by atoms with E-state index in [0.717, 1.165) is 12.8 Å². The zero-order valence-corrected chi connectivity index (χ0v) is 20.6. The second-order valence-corrected chi connectivity index (χ2v) is 12.1. The molecule has 3 aromatic rings. The van der Waals surface area contributed by atoms with Gasteiger partial charge in [0.15, 0.2) is 15.6 Å². The van der Waals surface area contributed by atoms with Gasteiger partial charge in [0.1, 0.15) is 17.0 Å². The molecule has 4 heterocycles. The van der Waals surface area contributed by atoms with Gasteiger partial charge >= 0.3 is 6.61 Å². The highest BCUT2D eigenvalue weighted by Gasteiger charge is 2.40. The van der Waals surface area contributed by atoms with Gasteiger partial charge in [-0.3, -0.25) is 14.5 Å². The summed E-state index contributed by atoms with van der Waals surface area (Å²) < 4.78 is 61.5. The maximum absolute atomic E-state index is 13.2. The Morgan fingerprint density at radius 1 is 1.33 bits per heavy atom. The maximum atomic E-state index is 13.2. The van der Waals surface area contributed by atoms with Crippen LogP contribution < -0.4 is 4.74 Å². The summed E-state index contributed by atoms with van der Waals surface area (Å²) in [5.74, 6) is -0.0663. The van der Waals surface area contributed by atoms with Crippen LogP contribution in [-0.2, 0) is 14.6 Å². The number of carbonyl (C=O) groups is 1. The van der Waals surface area contributed by atoms with E-state index in [1.165, 1.54) is 18.3 Å². The van der Waals surface area contributed by atoms with Crippen LogP contribution in [0.1, 0.15) is 49.0 Å². The first kappa shape index (κ1) is 24.8. The highest BCUT2D eigenvalue weighted by Crippen LogP contribution is 2.37. The van der Waals surface area contributed by atoms with Crippen molar-refractivity contribution in [1.82, 2.24) is 14.8 Å². The second kappa shape index (κ2) is 9.51. The number of alkyl halides is 2. The topological polar surface area (TPSA) is 100 Å². The van der Waals surface area contributed by atoms with Crippen molar-refractivity contribution in [2.24, 2.45) is 5.41 Å². The molecule has 1 unspecified atom stereocenters. The molecule has 0 aliphatic carbocycles. The average Bonchev–Trinajstić information content (AvgIpc) is 3.35. The molecule has 2 aromatic heterocycles. The number of nitrogens with zero attached hydrogens (tertiary/aromatic N) is 3. The number of ether oxygens (including phenoxy) is 2. The van der Waals surface area contributed by atoms with E-state index in [2.05, 4.69) is 9.72 Å². The van der Waals surface area contributed by atoms with Crippen molar-refractivity contribution in [3.05, 3.63) is 42.1 Å². The van der Waals surface area contributed by atoms with Gasteiger partial charge in [-0.05, 0) is 42.9 Å². The molecular weight excluding hydrogens is 492 g/mol. The lowest BCUT2D eigenvalue weighted by atomic mass is 9.83. The van der Waals surface area contributed by atoms with E-state index in [-0.39, 0.29) is 35.5 Å². The molecule has 0 radical (unpaired) electrons. The molecule has 1 aromatic carbocycles. The van der Waals surface area contributed by atoms with Gasteiger partial charge in [-0.15, -0.1) is 0 Å². The summed E-state index contributed by atoms with van der Waals surface area (Å²) in [5.41, 5.74) is 1.99. The van der Waals surface area contributed by atoms with Crippen molar-refractivity contribution in [3.8, 4) is 17.0 Å². The number of Topliss-reactive ketones (excluding diaryl/α,β-unsaturated/α-hetero) is 1. The Morgan fingerprint density at radius 3 is 2.86 bits per heavy atom. The van der Waals surface area contributed by atoms with E-state index in [1.807, 2.05) is 6.92 Å². The second-order valence-electron chi connectivity index (χ2n) is 9.91. The van der Waals surface area contributed by atoms with Gasteiger partial charge in [0.05, 0.1) is 29.7 Å². The van der Waals surface area contributed by atoms with Crippen molar-refractivity contribution in [2.75, 3.05) is 24.7 Å². The maximum Gasteiger partial charge on any atom is 0.387 e. The van der Waals surface area contributed by atoms with Crippen molar-refractivity contribution in [2.45, 2.75) is 45.3 Å². The smallest absolute Gasteiger partial charge is 0.387 e. The molecular formula is C25H27F2N3O5S. The molecule has 2 fully saturated rings. The fourth-order valence-electron chi connectivity index (χ4n) is 5.09. The number of halogens is 2. The zero-order valence-electron chi connectivity index (χ0n) is 19.8. The number of hydrogen-bond donors (Lipinski definition) is 0. The van der Waals surface area contributed by atoms with Crippen LogP contribution in [-0.4, -0.2) is 60.3 Å². The van der Waals surface area contributed by atoms with E-state index in [4.69, 9.17) is 9.84 Å². The fraction of sp³-hybridized carbons (Fsp3) is 0.480. The number of ketones is 1. The summed E-state index contributed by atoms with van der Waals surface area (Å²) in [6.07, 6.45) is 3.73. The molecule has 2 aliphatic rings. The minimum Gasteiger partial charge on any atom is -0.435 e. The molecule has 8 nitrogen and oxygen atoms in total. The molecule has 2 aliphatic heterocycles. The Labute approximate surface area is 207 Å². The Hall–Kier alpha value is -2.92. The van der Waals surface area contributed by atoms with E-state index in [9.17, 15) is 22.0 Å². The number of sulfone groups is 1. The van der Waals surface area contributed by atoms with E-state index < -0.39 is 21.9 Å². The molecule has 36 heavy (non-hydrogen) atoms. The minimum absolute atomic E-state index is 0.0000644. The molecule has 192 valence electrons. The molecule has 0 N–H and O–H groups in total. The number of fused-ring (bicyclic) bond motifs is 1. The summed E-state index contributed by atoms with van der Waals surface area (Å²) in [7, 11) is -3.13. The first-order valence-electron chi connectivity index (χ1n) is 11.9. The van der Waals surface area contributed by atoms with Gasteiger partial charge in [-0.25, -0.2) is 8.42 Å². The quantitative estimate of drug-likeness (QED) is 0.425. The number of aromatic nitrogens is 3. The van der Waals surface area contributed by atoms with E-state index in [0.29, 0.717) is 47.5 Å². The van der Waals surface area contributed by atoms with Crippen LogP contribution in [0.5, 0.6) is 5.75 Å². The Kier molecular flexibility index (Phi) is 6.54. The van der Waals surface area contributed by atoms with Gasteiger partial charge in [0.2, 0.25) is 0 Å². The third-order valence-corrected chi connectivity index (χ3v) is 8.82. The number of hydrogen-bond acceptors (Lipinski definition) is 7. The highest BCUT2D eigenvalue weighted by atomic mass is 32.2. The van der Waals surface area contributed by atoms with Crippen LogP contribution in [0.3, 0.4) is 0 Å². The number of benzene rings is 1. The first-order chi connectivity index (χ1) is 17.1. The predicted octanol–water partition coefficient (Wildman–Crippen LogP) is 4.45. The lowest BCUT2D eigenvalue weighted by Crippen LogP contribution is -2.23. The lowest BCUT2D eigenvalue weighted by Gasteiger charge is -2.23. The molecule has 2 atom stereocenters. The van der Waals surface area contributed by atoms with Gasteiger partial charge in [0.25, 0.3) is 0 Å². The van der Waals surface area contributed by atoms with Gasteiger partial charge < -0.3 is 9.47 Å². The third-order valence-electron chi connectivity index (χ3n) is 6.86. The van der Waals surface area contributed by atoms with Crippen molar-refractivity contribution >= 4 is 26.7 Å². The van der Waals surface area contributed by atoms with Crippen molar-refractivity contribution in [1.29, 1.82) is 0 Å². The van der Waals surface area contributed by atoms with Crippen LogP contribution in [0.15, 0.2) is 36.5 Å². The van der Waals surface area contributed by atoms with Gasteiger partial charge in [-0.2, -0.15) is 13.9 Å². The van der Waals surface area contributed by atoms with Crippen LogP contribution in [0.25, 0.3) is 22.3 Å². The normalized spacial score (nSPS) is 23.8. The molecule has 0 saturated carbocycles. The SMILES string of the molecule is C[C@]1(CC(=O)c2cnc3c(-c4cccc(OC(F)F)c4)nn(C4CCCOC4)c3c2)CCS(=O)(=O)C1. The third kappa shape index (κ3) is 5.12. The average molecular weight is 520 g/mol. The Balaban J connectivity index is 1.54. The minimum atomic E-state index is -3.13. The van der Waals surface area contributed by atoms with Gasteiger partial charge in [-0.1, -0.05) is 19.1 Å². The molecule has 2 saturated heterocycles. The van der Waals surface area contributed by atoms with Crippen LogP contribution in [0.2, 0.25) is 0 Å². The largest absolute Gasteiger partial charge is 0.435 e. The predicted molar refractivity (Wildman–Crippen MR) is 129 cm³/mol. The summed E-state index contributed by atoms with van der Waals surface area (Å²) in [6.45, 7) is 0.00697. The lowest BCUT2D eigenvalue weighted by molar-refractivity contribution is -0.0498. The monoisotopic (exact) mass is 519 g/mol. The van der Waals surface area contributed by atoms with Crippen LogP contribution in [0, 0.1) is 5.41 Å². The Bertz CT molecular complexity index is 1400.